The topological polar surface area (TPSA) is 61.2 Å². The number of hydrogen-bond donors (Lipinski definition) is 0. The normalized spacial score (nSPS) is 17.0. The molecule has 3 aromatic rings. The van der Waals surface area contributed by atoms with Crippen molar-refractivity contribution in [2.24, 2.45) is 0 Å². The van der Waals surface area contributed by atoms with Crippen LogP contribution in [-0.2, 0) is 9.53 Å². The fourth-order valence-electron chi connectivity index (χ4n) is 2.82. The highest BCUT2D eigenvalue weighted by Crippen LogP contribution is 2.30. The van der Waals surface area contributed by atoms with E-state index in [4.69, 9.17) is 4.74 Å². The lowest BCUT2D eigenvalue weighted by Gasteiger charge is -2.14. The summed E-state index contributed by atoms with van der Waals surface area (Å²) in [4.78, 5) is 29.6. The van der Waals surface area contributed by atoms with Crippen molar-refractivity contribution >= 4 is 28.6 Å². The van der Waals surface area contributed by atoms with Crippen molar-refractivity contribution < 1.29 is 9.53 Å². The van der Waals surface area contributed by atoms with Crippen molar-refractivity contribution in [2.45, 2.75) is 23.8 Å². The summed E-state index contributed by atoms with van der Waals surface area (Å²) in [5.41, 5.74) is 2.34. The summed E-state index contributed by atoms with van der Waals surface area (Å²) in [5, 5.41) is 0.739. The van der Waals surface area contributed by atoms with Crippen molar-refractivity contribution in [3.8, 4) is 5.69 Å². The van der Waals surface area contributed by atoms with Gasteiger partial charge >= 0.3 is 5.97 Å². The number of rotatable bonds is 3. The van der Waals surface area contributed by atoms with Crippen LogP contribution in [0.2, 0.25) is 0 Å². The Morgan fingerprint density at radius 2 is 1.88 bits per heavy atom. The third kappa shape index (κ3) is 2.93. The van der Waals surface area contributed by atoms with Crippen LogP contribution in [0.3, 0.4) is 0 Å². The Hall–Kier alpha value is -2.60. The smallest absolute Gasteiger partial charge is 0.319 e. The summed E-state index contributed by atoms with van der Waals surface area (Å²) in [6.45, 7) is 2.41. The van der Waals surface area contributed by atoms with E-state index in [9.17, 15) is 9.59 Å². The van der Waals surface area contributed by atoms with E-state index < -0.39 is 0 Å². The minimum Gasteiger partial charge on any atom is -0.465 e. The van der Waals surface area contributed by atoms with Gasteiger partial charge in [-0.15, -0.1) is 0 Å². The van der Waals surface area contributed by atoms with Crippen molar-refractivity contribution in [3.63, 3.8) is 0 Å². The minimum atomic E-state index is -0.329. The number of fused-ring (bicyclic) bond motifs is 1. The average Bonchev–Trinajstić information content (AvgIpc) is 3.01. The van der Waals surface area contributed by atoms with Crippen LogP contribution in [0.5, 0.6) is 0 Å². The van der Waals surface area contributed by atoms with Gasteiger partial charge in [0, 0.05) is 6.42 Å². The molecular weight excluding hydrogens is 336 g/mol. The van der Waals surface area contributed by atoms with E-state index in [1.807, 2.05) is 49.4 Å². The van der Waals surface area contributed by atoms with Gasteiger partial charge in [0.2, 0.25) is 0 Å². The third-order valence-electron chi connectivity index (χ3n) is 4.17. The molecule has 126 valence electrons. The zero-order valence-electron chi connectivity index (χ0n) is 13.6. The van der Waals surface area contributed by atoms with E-state index in [-0.39, 0.29) is 16.8 Å². The van der Waals surface area contributed by atoms with E-state index in [2.05, 4.69) is 4.98 Å². The molecule has 6 heteroatoms. The Morgan fingerprint density at radius 3 is 2.60 bits per heavy atom. The molecule has 1 aliphatic heterocycles. The van der Waals surface area contributed by atoms with Crippen LogP contribution >= 0.6 is 11.8 Å². The lowest BCUT2D eigenvalue weighted by Crippen LogP contribution is -2.23. The molecule has 0 saturated carbocycles. The minimum absolute atomic E-state index is 0.136. The van der Waals surface area contributed by atoms with Gasteiger partial charge in [0.1, 0.15) is 5.25 Å². The van der Waals surface area contributed by atoms with Gasteiger partial charge in [0.25, 0.3) is 5.56 Å². The van der Waals surface area contributed by atoms with Gasteiger partial charge in [-0.2, -0.15) is 0 Å². The van der Waals surface area contributed by atoms with Crippen molar-refractivity contribution in [3.05, 3.63) is 64.4 Å². The molecule has 0 radical (unpaired) electrons. The third-order valence-corrected chi connectivity index (χ3v) is 5.37. The van der Waals surface area contributed by atoms with Gasteiger partial charge in [0.15, 0.2) is 5.16 Å². The van der Waals surface area contributed by atoms with Crippen LogP contribution in [-0.4, -0.2) is 27.4 Å². The number of benzene rings is 2. The average molecular weight is 352 g/mol. The number of thioether (sulfide) groups is 1. The van der Waals surface area contributed by atoms with E-state index >= 15 is 0 Å². The fraction of sp³-hybridized carbons (Fsp3) is 0.211. The maximum absolute atomic E-state index is 13.1. The molecule has 0 N–H and O–H groups in total. The standard InChI is InChI=1S/C19H16N2O3S/c1-12-6-8-13(9-7-12)21-17(22)14-4-2-3-5-15(14)20-19(21)25-16-10-11-24-18(16)23/h2-9,16H,10-11H2,1H3/t16-/m1/s1. The Kier molecular flexibility index (Phi) is 4.05. The number of carbonyl (C=O) groups is 1. The van der Waals surface area contributed by atoms with Crippen molar-refractivity contribution in [2.75, 3.05) is 6.61 Å². The lowest BCUT2D eigenvalue weighted by atomic mass is 10.2. The molecule has 0 aliphatic carbocycles. The first-order chi connectivity index (χ1) is 12.1. The molecular formula is C19H16N2O3S. The molecule has 0 spiro atoms. The summed E-state index contributed by atoms with van der Waals surface area (Å²) >= 11 is 1.29. The zero-order chi connectivity index (χ0) is 17.4. The maximum Gasteiger partial charge on any atom is 0.319 e. The molecule has 1 aromatic heterocycles. The summed E-state index contributed by atoms with van der Waals surface area (Å²) < 4.78 is 6.62. The predicted octanol–water partition coefficient (Wildman–Crippen LogP) is 3.10. The van der Waals surface area contributed by atoms with Crippen LogP contribution in [0.1, 0.15) is 12.0 Å². The van der Waals surface area contributed by atoms with Crippen LogP contribution in [0, 0.1) is 6.92 Å². The van der Waals surface area contributed by atoms with Crippen molar-refractivity contribution in [1.82, 2.24) is 9.55 Å². The second kappa shape index (κ2) is 6.37. The number of esters is 1. The number of cyclic esters (lactones) is 1. The molecule has 1 fully saturated rings. The first-order valence-corrected chi connectivity index (χ1v) is 8.93. The van der Waals surface area contributed by atoms with Crippen LogP contribution < -0.4 is 5.56 Å². The van der Waals surface area contributed by atoms with Crippen molar-refractivity contribution in [1.29, 1.82) is 0 Å². The van der Waals surface area contributed by atoms with Gasteiger partial charge in [-0.3, -0.25) is 14.2 Å². The molecule has 0 bridgehead atoms. The molecule has 5 nitrogen and oxygen atoms in total. The van der Waals surface area contributed by atoms with Crippen LogP contribution in [0.4, 0.5) is 0 Å². The Labute approximate surface area is 148 Å². The maximum atomic E-state index is 13.1. The Morgan fingerprint density at radius 1 is 1.12 bits per heavy atom. The monoisotopic (exact) mass is 352 g/mol. The van der Waals surface area contributed by atoms with E-state index in [1.54, 1.807) is 10.6 Å². The van der Waals surface area contributed by atoms with E-state index in [0.29, 0.717) is 29.1 Å². The summed E-state index contributed by atoms with van der Waals surface area (Å²) in [5.74, 6) is -0.247. The van der Waals surface area contributed by atoms with Crippen LogP contribution in [0.25, 0.3) is 16.6 Å². The number of para-hydroxylation sites is 1. The number of aryl methyl sites for hydroxylation is 1. The van der Waals surface area contributed by atoms with Gasteiger partial charge < -0.3 is 4.74 Å². The summed E-state index contributed by atoms with van der Waals surface area (Å²) in [6.07, 6.45) is 0.625. The molecule has 2 heterocycles. The first-order valence-electron chi connectivity index (χ1n) is 8.05. The number of carbonyl (C=O) groups excluding carboxylic acids is 1. The fourth-order valence-corrected chi connectivity index (χ4v) is 3.90. The summed E-state index contributed by atoms with van der Waals surface area (Å²) in [6, 6.07) is 15.0. The molecule has 1 saturated heterocycles. The first kappa shape index (κ1) is 15.9. The lowest BCUT2D eigenvalue weighted by molar-refractivity contribution is -0.137. The highest BCUT2D eigenvalue weighted by molar-refractivity contribution is 8.00. The van der Waals surface area contributed by atoms with Gasteiger partial charge in [-0.25, -0.2) is 4.98 Å². The summed E-state index contributed by atoms with van der Waals surface area (Å²) in [7, 11) is 0. The molecule has 1 atom stereocenters. The van der Waals surface area contributed by atoms with E-state index in [1.165, 1.54) is 11.8 Å². The highest BCUT2D eigenvalue weighted by Gasteiger charge is 2.29. The quantitative estimate of drug-likeness (QED) is 0.535. The van der Waals surface area contributed by atoms with E-state index in [0.717, 1.165) is 11.3 Å². The molecule has 1 aliphatic rings. The number of nitrogens with zero attached hydrogens (tertiary/aromatic N) is 2. The van der Waals surface area contributed by atoms with Gasteiger partial charge in [-0.05, 0) is 31.2 Å². The molecule has 0 amide bonds. The SMILES string of the molecule is Cc1ccc(-n2c(S[C@@H]3CCOC3=O)nc3ccccc3c2=O)cc1. The zero-order valence-corrected chi connectivity index (χ0v) is 14.5. The molecule has 2 aromatic carbocycles. The van der Waals surface area contributed by atoms with Crippen LogP contribution in [0.15, 0.2) is 58.5 Å². The number of ether oxygens (including phenoxy) is 1. The number of aromatic nitrogens is 2. The largest absolute Gasteiger partial charge is 0.465 e. The Balaban J connectivity index is 1.92. The van der Waals surface area contributed by atoms with Gasteiger partial charge in [0.05, 0.1) is 23.2 Å². The highest BCUT2D eigenvalue weighted by atomic mass is 32.2. The second-order valence-electron chi connectivity index (χ2n) is 5.95. The predicted molar refractivity (Wildman–Crippen MR) is 97.3 cm³/mol. The molecule has 4 rings (SSSR count). The molecule has 25 heavy (non-hydrogen) atoms. The molecule has 0 unspecified atom stereocenters. The van der Waals surface area contributed by atoms with Gasteiger partial charge in [-0.1, -0.05) is 41.6 Å². The second-order valence-corrected chi connectivity index (χ2v) is 7.12. The number of hydrogen-bond acceptors (Lipinski definition) is 5. The Bertz CT molecular complexity index is 1010.